The van der Waals surface area contributed by atoms with Gasteiger partial charge in [0.25, 0.3) is 5.91 Å². The number of hydrogen-bond donors (Lipinski definition) is 2. The Morgan fingerprint density at radius 1 is 1.24 bits per heavy atom. The molecule has 3 heterocycles. The molecule has 0 fully saturated rings. The zero-order valence-electron chi connectivity index (χ0n) is 19.4. The fourth-order valence-electron chi connectivity index (χ4n) is 4.28. The molecule has 1 aliphatic heterocycles. The predicted octanol–water partition coefficient (Wildman–Crippen LogP) is 3.81. The van der Waals surface area contributed by atoms with Crippen molar-refractivity contribution in [3.63, 3.8) is 0 Å². The maximum Gasteiger partial charge on any atom is 0.271 e. The topological polar surface area (TPSA) is 79.6 Å². The highest BCUT2D eigenvalue weighted by molar-refractivity contribution is 5.95. The number of aliphatic hydroxyl groups is 1. The molecule has 4 rings (SSSR count). The molecule has 0 saturated heterocycles. The van der Waals surface area contributed by atoms with Crippen LogP contribution in [0.1, 0.15) is 35.5 Å². The second-order valence-corrected chi connectivity index (χ2v) is 8.73. The van der Waals surface area contributed by atoms with E-state index in [0.29, 0.717) is 40.3 Å². The standard InChI is InChI=1S/C25H28F2N4O3/c1-15(2)29-24-8-21(22(27)9-28-24)18-7-23-25(33)31(20(14-34-3)12-30(23)10-18)11-17-6-19(26)5-4-16(17)13-32/h4-10,15,20,32H,11-14H2,1-3H3,(H,28,29). The number of rotatable bonds is 8. The van der Waals surface area contributed by atoms with Gasteiger partial charge in [-0.25, -0.2) is 13.8 Å². The minimum Gasteiger partial charge on any atom is -0.392 e. The Labute approximate surface area is 197 Å². The fourth-order valence-corrected chi connectivity index (χ4v) is 4.28. The van der Waals surface area contributed by atoms with Gasteiger partial charge in [-0.05, 0) is 49.2 Å². The molecule has 0 aliphatic carbocycles. The summed E-state index contributed by atoms with van der Waals surface area (Å²) in [5, 5.41) is 12.8. The Hall–Kier alpha value is -3.30. The monoisotopic (exact) mass is 470 g/mol. The minimum absolute atomic E-state index is 0.118. The summed E-state index contributed by atoms with van der Waals surface area (Å²) in [4.78, 5) is 19.2. The molecule has 0 saturated carbocycles. The summed E-state index contributed by atoms with van der Waals surface area (Å²) >= 11 is 0. The molecule has 34 heavy (non-hydrogen) atoms. The van der Waals surface area contributed by atoms with Crippen LogP contribution in [-0.2, 0) is 24.4 Å². The number of aromatic nitrogens is 2. The predicted molar refractivity (Wildman–Crippen MR) is 124 cm³/mol. The number of anilines is 1. The Kier molecular flexibility index (Phi) is 6.95. The van der Waals surface area contributed by atoms with Crippen LogP contribution in [0.2, 0.25) is 0 Å². The van der Waals surface area contributed by atoms with Crippen LogP contribution in [0.25, 0.3) is 11.1 Å². The molecule has 0 radical (unpaired) electrons. The highest BCUT2D eigenvalue weighted by Gasteiger charge is 2.34. The highest BCUT2D eigenvalue weighted by atomic mass is 19.1. The van der Waals surface area contributed by atoms with Crippen molar-refractivity contribution < 1.29 is 23.4 Å². The van der Waals surface area contributed by atoms with Crippen molar-refractivity contribution in [1.29, 1.82) is 0 Å². The molecule has 9 heteroatoms. The molecule has 1 aromatic carbocycles. The number of hydrogen-bond acceptors (Lipinski definition) is 5. The van der Waals surface area contributed by atoms with Gasteiger partial charge in [0.1, 0.15) is 23.1 Å². The summed E-state index contributed by atoms with van der Waals surface area (Å²) < 4.78 is 35.7. The number of aliphatic hydroxyl groups excluding tert-OH is 1. The number of nitrogens with zero attached hydrogens (tertiary/aromatic N) is 3. The van der Waals surface area contributed by atoms with Crippen molar-refractivity contribution in [2.24, 2.45) is 0 Å². The van der Waals surface area contributed by atoms with Crippen molar-refractivity contribution in [3.8, 4) is 11.1 Å². The van der Waals surface area contributed by atoms with Crippen LogP contribution in [0.15, 0.2) is 42.7 Å². The average molecular weight is 471 g/mol. The summed E-state index contributed by atoms with van der Waals surface area (Å²) in [7, 11) is 1.55. The van der Waals surface area contributed by atoms with Crippen LogP contribution in [-0.4, -0.2) is 51.3 Å². The first-order valence-corrected chi connectivity index (χ1v) is 11.1. The fraction of sp³-hybridized carbons (Fsp3) is 0.360. The minimum atomic E-state index is -0.484. The number of fused-ring (bicyclic) bond motifs is 1. The van der Waals surface area contributed by atoms with Gasteiger partial charge in [-0.15, -0.1) is 0 Å². The van der Waals surface area contributed by atoms with Gasteiger partial charge < -0.3 is 24.6 Å². The number of carbonyl (C=O) groups excluding carboxylic acids is 1. The number of pyridine rings is 1. The maximum absolute atomic E-state index is 14.7. The largest absolute Gasteiger partial charge is 0.392 e. The quantitative estimate of drug-likeness (QED) is 0.524. The smallest absolute Gasteiger partial charge is 0.271 e. The van der Waals surface area contributed by atoms with Crippen LogP contribution in [0.3, 0.4) is 0 Å². The number of ether oxygens (including phenoxy) is 1. The van der Waals surface area contributed by atoms with E-state index in [1.807, 2.05) is 13.8 Å². The number of amides is 1. The third kappa shape index (κ3) is 4.80. The lowest BCUT2D eigenvalue weighted by Gasteiger charge is -2.36. The van der Waals surface area contributed by atoms with E-state index < -0.39 is 11.6 Å². The van der Waals surface area contributed by atoms with Crippen molar-refractivity contribution in [3.05, 3.63) is 71.2 Å². The molecule has 1 amide bonds. The highest BCUT2D eigenvalue weighted by Crippen LogP contribution is 2.31. The van der Waals surface area contributed by atoms with Crippen molar-refractivity contribution in [1.82, 2.24) is 14.5 Å². The third-order valence-corrected chi connectivity index (χ3v) is 5.87. The van der Waals surface area contributed by atoms with Crippen molar-refractivity contribution in [2.45, 2.75) is 45.6 Å². The first-order valence-electron chi connectivity index (χ1n) is 11.1. The molecular weight excluding hydrogens is 442 g/mol. The van der Waals surface area contributed by atoms with Crippen LogP contribution >= 0.6 is 0 Å². The van der Waals surface area contributed by atoms with E-state index in [-0.39, 0.29) is 37.7 Å². The van der Waals surface area contributed by atoms with Crippen molar-refractivity contribution in [2.75, 3.05) is 19.0 Å². The van der Waals surface area contributed by atoms with E-state index in [0.717, 1.165) is 0 Å². The average Bonchev–Trinajstić information content (AvgIpc) is 3.22. The second-order valence-electron chi connectivity index (χ2n) is 8.73. The van der Waals surface area contributed by atoms with E-state index in [4.69, 9.17) is 4.74 Å². The molecule has 2 N–H and O–H groups in total. The summed E-state index contributed by atoms with van der Waals surface area (Å²) in [5.41, 5.74) is 2.39. The lowest BCUT2D eigenvalue weighted by Crippen LogP contribution is -2.49. The molecule has 0 spiro atoms. The van der Waals surface area contributed by atoms with Gasteiger partial charge in [0.2, 0.25) is 0 Å². The molecule has 0 bridgehead atoms. The SMILES string of the molecule is COCC1Cn2cc(-c3cc(NC(C)C)ncc3F)cc2C(=O)N1Cc1cc(F)ccc1CO. The second kappa shape index (κ2) is 9.90. The molecule has 1 unspecified atom stereocenters. The molecule has 3 aromatic rings. The summed E-state index contributed by atoms with van der Waals surface area (Å²) in [6, 6.07) is 7.23. The maximum atomic E-state index is 14.7. The Balaban J connectivity index is 1.70. The van der Waals surface area contributed by atoms with Gasteiger partial charge in [-0.3, -0.25) is 4.79 Å². The molecule has 7 nitrogen and oxygen atoms in total. The van der Waals surface area contributed by atoms with E-state index in [9.17, 15) is 18.7 Å². The Morgan fingerprint density at radius 2 is 2.03 bits per heavy atom. The molecular formula is C25H28F2N4O3. The zero-order valence-corrected chi connectivity index (χ0v) is 19.4. The Bertz CT molecular complexity index is 1190. The Morgan fingerprint density at radius 3 is 2.74 bits per heavy atom. The van der Waals surface area contributed by atoms with Crippen LogP contribution in [0.5, 0.6) is 0 Å². The van der Waals surface area contributed by atoms with Gasteiger partial charge >= 0.3 is 0 Å². The number of carbonyl (C=O) groups is 1. The molecule has 1 atom stereocenters. The number of nitrogens with one attached hydrogen (secondary N) is 1. The number of benzene rings is 1. The van der Waals surface area contributed by atoms with Crippen LogP contribution in [0.4, 0.5) is 14.6 Å². The van der Waals surface area contributed by atoms with E-state index in [1.54, 1.807) is 34.9 Å². The summed E-state index contributed by atoms with van der Waals surface area (Å²) in [5.74, 6) is -0.655. The van der Waals surface area contributed by atoms with Gasteiger partial charge in [-0.1, -0.05) is 6.07 Å². The van der Waals surface area contributed by atoms with Crippen LogP contribution < -0.4 is 5.32 Å². The summed E-state index contributed by atoms with van der Waals surface area (Å²) in [6.45, 7) is 4.49. The van der Waals surface area contributed by atoms with Crippen LogP contribution in [0, 0.1) is 11.6 Å². The first-order chi connectivity index (χ1) is 16.3. The van der Waals surface area contributed by atoms with E-state index in [1.165, 1.54) is 24.4 Å². The van der Waals surface area contributed by atoms with E-state index in [2.05, 4.69) is 10.3 Å². The third-order valence-electron chi connectivity index (χ3n) is 5.87. The van der Waals surface area contributed by atoms with E-state index >= 15 is 0 Å². The zero-order chi connectivity index (χ0) is 24.4. The van der Waals surface area contributed by atoms with Gasteiger partial charge in [0, 0.05) is 43.6 Å². The molecule has 1 aliphatic rings. The van der Waals surface area contributed by atoms with Gasteiger partial charge in [0.15, 0.2) is 0 Å². The summed E-state index contributed by atoms with van der Waals surface area (Å²) in [6.07, 6.45) is 2.92. The molecule has 2 aromatic heterocycles. The number of methoxy groups -OCH3 is 1. The normalized spacial score (nSPS) is 15.7. The van der Waals surface area contributed by atoms with Crippen molar-refractivity contribution >= 4 is 11.7 Å². The van der Waals surface area contributed by atoms with Gasteiger partial charge in [0.05, 0.1) is 25.5 Å². The lowest BCUT2D eigenvalue weighted by molar-refractivity contribution is 0.0386. The number of halogens is 2. The first kappa shape index (κ1) is 23.8. The van der Waals surface area contributed by atoms with Gasteiger partial charge in [-0.2, -0.15) is 0 Å². The molecule has 180 valence electrons. The lowest BCUT2D eigenvalue weighted by atomic mass is 10.0.